The van der Waals surface area contributed by atoms with E-state index in [-0.39, 0.29) is 34.7 Å². The Labute approximate surface area is 231 Å². The van der Waals surface area contributed by atoms with Crippen LogP contribution in [0.3, 0.4) is 0 Å². The molecule has 0 aromatic carbocycles. The van der Waals surface area contributed by atoms with Gasteiger partial charge in [-0.1, -0.05) is 13.8 Å². The molecule has 0 unspecified atom stereocenters. The number of hydrogen-bond donors (Lipinski definition) is 2. The monoisotopic (exact) mass is 546 g/mol. The lowest BCUT2D eigenvalue weighted by Crippen LogP contribution is -2.62. The van der Waals surface area contributed by atoms with Gasteiger partial charge >= 0.3 is 11.9 Å². The minimum Gasteiger partial charge on any atom is -0.459 e. The van der Waals surface area contributed by atoms with Gasteiger partial charge in [-0.3, -0.25) is 4.79 Å². The smallest absolute Gasteiger partial charge is 0.331 e. The Balaban J connectivity index is 1.13. The number of aliphatic hydroxyl groups excluding tert-OH is 1. The maximum atomic E-state index is 12.4. The topological polar surface area (TPSA) is 112 Å². The summed E-state index contributed by atoms with van der Waals surface area (Å²) in [6.07, 6.45) is 8.59. The Bertz CT molecular complexity index is 1030. The van der Waals surface area contributed by atoms with E-state index in [4.69, 9.17) is 18.9 Å². The number of aliphatic hydroxyl groups is 2. The molecule has 5 fully saturated rings. The summed E-state index contributed by atoms with van der Waals surface area (Å²) in [7, 11) is 0. The van der Waals surface area contributed by atoms with Crippen molar-refractivity contribution in [3.8, 4) is 0 Å². The minimum absolute atomic E-state index is 0.0738. The van der Waals surface area contributed by atoms with Crippen molar-refractivity contribution in [2.45, 2.75) is 128 Å². The number of carbonyl (C=O) groups excluding carboxylic acids is 2. The lowest BCUT2D eigenvalue weighted by molar-refractivity contribution is -0.273. The van der Waals surface area contributed by atoms with Gasteiger partial charge in [0.05, 0.1) is 17.8 Å². The van der Waals surface area contributed by atoms with E-state index in [1.54, 1.807) is 13.0 Å². The maximum Gasteiger partial charge on any atom is 0.331 e. The number of carbonyl (C=O) groups is 2. The second-order valence-electron chi connectivity index (χ2n) is 14.0. The molecule has 6 rings (SSSR count). The zero-order valence-corrected chi connectivity index (χ0v) is 23.9. The molecule has 4 aliphatic carbocycles. The average molecular weight is 547 g/mol. The second kappa shape index (κ2) is 9.81. The van der Waals surface area contributed by atoms with Gasteiger partial charge in [-0.2, -0.15) is 0 Å². The summed E-state index contributed by atoms with van der Waals surface area (Å²) in [6, 6.07) is 0. The van der Waals surface area contributed by atoms with Crippen LogP contribution < -0.4 is 0 Å². The normalized spacial score (nSPS) is 51.3. The van der Waals surface area contributed by atoms with E-state index >= 15 is 0 Å². The first kappa shape index (κ1) is 27.7. The van der Waals surface area contributed by atoms with Crippen LogP contribution in [0.2, 0.25) is 0 Å². The summed E-state index contributed by atoms with van der Waals surface area (Å²) in [6.45, 7) is 8.27. The molecule has 2 heterocycles. The lowest BCUT2D eigenvalue weighted by Gasteiger charge is -2.64. The second-order valence-corrected chi connectivity index (χ2v) is 14.0. The summed E-state index contributed by atoms with van der Waals surface area (Å²) < 4.78 is 23.0. The number of hydrogen-bond acceptors (Lipinski definition) is 8. The molecule has 0 spiro atoms. The number of rotatable bonds is 4. The van der Waals surface area contributed by atoms with Crippen LogP contribution in [0, 0.1) is 34.5 Å². The first-order valence-electron chi connectivity index (χ1n) is 15.2. The third-order valence-electron chi connectivity index (χ3n) is 12.3. The molecule has 0 bridgehead atoms. The Morgan fingerprint density at radius 2 is 1.85 bits per heavy atom. The molecule has 8 heteroatoms. The van der Waals surface area contributed by atoms with Crippen molar-refractivity contribution in [1.82, 2.24) is 0 Å². The van der Waals surface area contributed by atoms with Crippen LogP contribution in [0.1, 0.15) is 91.9 Å². The van der Waals surface area contributed by atoms with Crippen LogP contribution >= 0.6 is 0 Å². The zero-order valence-electron chi connectivity index (χ0n) is 23.9. The van der Waals surface area contributed by atoms with Crippen molar-refractivity contribution in [3.05, 3.63) is 11.6 Å². The van der Waals surface area contributed by atoms with Gasteiger partial charge in [0.2, 0.25) is 0 Å². The van der Waals surface area contributed by atoms with Gasteiger partial charge in [0, 0.05) is 24.8 Å². The van der Waals surface area contributed by atoms with Crippen LogP contribution in [0.4, 0.5) is 0 Å². The maximum absolute atomic E-state index is 12.4. The Kier molecular flexibility index (Phi) is 6.96. The predicted molar refractivity (Wildman–Crippen MR) is 141 cm³/mol. The minimum atomic E-state index is -0.852. The van der Waals surface area contributed by atoms with E-state index in [0.717, 1.165) is 63.4 Å². The third-order valence-corrected chi connectivity index (χ3v) is 12.3. The molecule has 0 aromatic heterocycles. The lowest BCUT2D eigenvalue weighted by atomic mass is 9.43. The average Bonchev–Trinajstić information content (AvgIpc) is 3.42. The van der Waals surface area contributed by atoms with Crippen molar-refractivity contribution in [1.29, 1.82) is 0 Å². The Hall–Kier alpha value is -1.48. The quantitative estimate of drug-likeness (QED) is 0.401. The molecule has 218 valence electrons. The van der Waals surface area contributed by atoms with Crippen molar-refractivity contribution >= 4 is 11.9 Å². The molecular weight excluding hydrogens is 500 g/mol. The molecule has 12 atom stereocenters. The van der Waals surface area contributed by atoms with Crippen molar-refractivity contribution in [2.75, 3.05) is 6.61 Å². The van der Waals surface area contributed by atoms with Gasteiger partial charge in [0.1, 0.15) is 18.8 Å². The van der Waals surface area contributed by atoms with Gasteiger partial charge in [0.25, 0.3) is 0 Å². The van der Waals surface area contributed by atoms with Crippen LogP contribution in [-0.4, -0.2) is 65.1 Å². The molecule has 2 aliphatic heterocycles. The fraction of sp³-hybridized carbons (Fsp3) is 0.871. The standard InChI is InChI=1S/C31H46O8/c1-17-28(34)25(38-18(2)32)15-27(37-17)39-21-7-10-29(3)20(14-21)5-6-24-23(29)8-11-30(4)22(9-12-31(24,30)35)19-13-26(33)36-16-19/h13,17,20-25,27-28,34-35H,5-12,14-16H2,1-4H3/t17-,20-,21+,22-,23+,24-,25+,27+,28-,29+,30-,31+/m1/s1. The van der Waals surface area contributed by atoms with Gasteiger partial charge < -0.3 is 29.2 Å². The summed E-state index contributed by atoms with van der Waals surface area (Å²) in [5.74, 6) is 0.874. The molecule has 0 amide bonds. The highest BCUT2D eigenvalue weighted by molar-refractivity contribution is 5.85. The molecule has 0 radical (unpaired) electrons. The highest BCUT2D eigenvalue weighted by Gasteiger charge is 2.67. The summed E-state index contributed by atoms with van der Waals surface area (Å²) in [5.41, 5.74) is 0.334. The van der Waals surface area contributed by atoms with Crippen LogP contribution in [0.25, 0.3) is 0 Å². The first-order valence-corrected chi connectivity index (χ1v) is 15.2. The molecule has 6 aliphatic rings. The fourth-order valence-electron chi connectivity index (χ4n) is 10.1. The Morgan fingerprint density at radius 3 is 2.56 bits per heavy atom. The first-order chi connectivity index (χ1) is 18.4. The van der Waals surface area contributed by atoms with Gasteiger partial charge in [0.15, 0.2) is 6.29 Å². The number of esters is 2. The van der Waals surface area contributed by atoms with E-state index in [0.29, 0.717) is 24.9 Å². The highest BCUT2D eigenvalue weighted by atomic mass is 16.7. The van der Waals surface area contributed by atoms with E-state index in [1.165, 1.54) is 6.92 Å². The van der Waals surface area contributed by atoms with Crippen LogP contribution in [0.15, 0.2) is 11.6 Å². The molecule has 1 saturated heterocycles. The number of ether oxygens (including phenoxy) is 4. The summed E-state index contributed by atoms with van der Waals surface area (Å²) in [4.78, 5) is 23.3. The SMILES string of the molecule is CC(=O)O[C@H]1C[C@H](O[C@H]2CC[C@@]3(C)[C@H](CC[C@@H]4[C@@H]3CC[C@]3(C)[C@@H](C5=CC(=O)OC5)CC[C@]43O)C2)O[C@H](C)[C@H]1O. The van der Waals surface area contributed by atoms with E-state index < -0.39 is 36.2 Å². The van der Waals surface area contributed by atoms with Crippen LogP contribution in [0.5, 0.6) is 0 Å². The largest absolute Gasteiger partial charge is 0.459 e. The molecule has 4 saturated carbocycles. The predicted octanol–water partition coefficient (Wildman–Crippen LogP) is 4.06. The molecule has 0 aromatic rings. The van der Waals surface area contributed by atoms with Crippen LogP contribution in [-0.2, 0) is 28.5 Å². The van der Waals surface area contributed by atoms with Crippen molar-refractivity contribution in [2.24, 2.45) is 34.5 Å². The van der Waals surface area contributed by atoms with Crippen molar-refractivity contribution < 1.29 is 38.7 Å². The molecular formula is C31H46O8. The third kappa shape index (κ3) is 4.39. The van der Waals surface area contributed by atoms with E-state index in [2.05, 4.69) is 13.8 Å². The van der Waals surface area contributed by atoms with E-state index in [9.17, 15) is 19.8 Å². The summed E-state index contributed by atoms with van der Waals surface area (Å²) >= 11 is 0. The Morgan fingerprint density at radius 1 is 1.05 bits per heavy atom. The zero-order chi connectivity index (χ0) is 27.7. The van der Waals surface area contributed by atoms with Gasteiger partial charge in [-0.15, -0.1) is 0 Å². The fourth-order valence-corrected chi connectivity index (χ4v) is 10.1. The number of cyclic esters (lactones) is 1. The van der Waals surface area contributed by atoms with Gasteiger partial charge in [-0.25, -0.2) is 4.79 Å². The van der Waals surface area contributed by atoms with Crippen molar-refractivity contribution in [3.63, 3.8) is 0 Å². The highest BCUT2D eigenvalue weighted by Crippen LogP contribution is 2.70. The summed E-state index contributed by atoms with van der Waals surface area (Å²) in [5, 5.41) is 22.8. The number of fused-ring (bicyclic) bond motifs is 5. The van der Waals surface area contributed by atoms with Gasteiger partial charge in [-0.05, 0) is 99.4 Å². The molecule has 8 nitrogen and oxygen atoms in total. The molecule has 39 heavy (non-hydrogen) atoms. The molecule has 2 N–H and O–H groups in total. The van der Waals surface area contributed by atoms with E-state index in [1.807, 2.05) is 0 Å².